The molecule has 0 aliphatic rings. The number of aryl methyl sites for hydroxylation is 1. The van der Waals surface area contributed by atoms with Crippen molar-refractivity contribution in [2.24, 2.45) is 5.92 Å². The molecule has 2 heterocycles. The van der Waals surface area contributed by atoms with Crippen molar-refractivity contribution in [2.45, 2.75) is 26.7 Å². The first-order valence-corrected chi connectivity index (χ1v) is 4.94. The Balaban J connectivity index is 2.04. The summed E-state index contributed by atoms with van der Waals surface area (Å²) in [7, 11) is 0. The number of nitrogens with zero attached hydrogens (tertiary/aromatic N) is 4. The zero-order valence-electron chi connectivity index (χ0n) is 8.77. The van der Waals surface area contributed by atoms with E-state index < -0.39 is 0 Å². The van der Waals surface area contributed by atoms with E-state index in [4.69, 9.17) is 4.52 Å². The summed E-state index contributed by atoms with van der Waals surface area (Å²) in [4.78, 5) is 8.16. The summed E-state index contributed by atoms with van der Waals surface area (Å²) in [6.07, 6.45) is 3.26. The third-order valence-corrected chi connectivity index (χ3v) is 2.03. The standard InChI is InChI=1S/C9H13N5O/c1-6(2)3-4-7-12-9(14-15-7)8-10-5-11-13-8/h5-6H,3-4H2,1-2H3,(H,10,11,13). The van der Waals surface area contributed by atoms with Gasteiger partial charge in [0.15, 0.2) is 5.82 Å². The highest BCUT2D eigenvalue weighted by Crippen LogP contribution is 2.11. The summed E-state index contributed by atoms with van der Waals surface area (Å²) >= 11 is 0. The van der Waals surface area contributed by atoms with Crippen molar-refractivity contribution in [3.05, 3.63) is 12.2 Å². The monoisotopic (exact) mass is 207 g/mol. The first kappa shape index (κ1) is 9.82. The van der Waals surface area contributed by atoms with Crippen molar-refractivity contribution in [1.82, 2.24) is 25.3 Å². The molecule has 0 aromatic carbocycles. The van der Waals surface area contributed by atoms with Gasteiger partial charge in [0.1, 0.15) is 6.33 Å². The average Bonchev–Trinajstić information content (AvgIpc) is 2.85. The molecule has 0 saturated heterocycles. The summed E-state index contributed by atoms with van der Waals surface area (Å²) in [5, 5.41) is 10.2. The van der Waals surface area contributed by atoms with Crippen LogP contribution in [0.1, 0.15) is 26.2 Å². The van der Waals surface area contributed by atoms with Crippen LogP contribution in [-0.2, 0) is 6.42 Å². The molecule has 0 amide bonds. The molecule has 6 heteroatoms. The number of hydrogen-bond donors (Lipinski definition) is 1. The first-order chi connectivity index (χ1) is 7.25. The van der Waals surface area contributed by atoms with Crippen LogP contribution in [0.2, 0.25) is 0 Å². The topological polar surface area (TPSA) is 80.5 Å². The second-order valence-corrected chi connectivity index (χ2v) is 3.78. The van der Waals surface area contributed by atoms with Gasteiger partial charge in [-0.1, -0.05) is 19.0 Å². The van der Waals surface area contributed by atoms with E-state index in [2.05, 4.69) is 39.2 Å². The Labute approximate surface area is 87.1 Å². The van der Waals surface area contributed by atoms with Crippen LogP contribution in [0.15, 0.2) is 10.9 Å². The molecule has 0 unspecified atom stereocenters. The number of aromatic nitrogens is 5. The third kappa shape index (κ3) is 2.39. The minimum Gasteiger partial charge on any atom is -0.339 e. The van der Waals surface area contributed by atoms with Crippen LogP contribution >= 0.6 is 0 Å². The lowest BCUT2D eigenvalue weighted by Crippen LogP contribution is -1.92. The summed E-state index contributed by atoms with van der Waals surface area (Å²) in [5.74, 6) is 2.28. The first-order valence-electron chi connectivity index (χ1n) is 4.94. The van der Waals surface area contributed by atoms with Gasteiger partial charge in [0, 0.05) is 6.42 Å². The highest BCUT2D eigenvalue weighted by molar-refractivity contribution is 5.39. The number of rotatable bonds is 4. The SMILES string of the molecule is CC(C)CCc1nc(-c2ncn[nH]2)no1. The van der Waals surface area contributed by atoms with E-state index in [1.807, 2.05) is 0 Å². The van der Waals surface area contributed by atoms with E-state index in [0.717, 1.165) is 12.8 Å². The Morgan fingerprint density at radius 1 is 1.47 bits per heavy atom. The van der Waals surface area contributed by atoms with Gasteiger partial charge >= 0.3 is 0 Å². The zero-order chi connectivity index (χ0) is 10.7. The highest BCUT2D eigenvalue weighted by atomic mass is 16.5. The molecule has 0 spiro atoms. The molecule has 1 N–H and O–H groups in total. The average molecular weight is 207 g/mol. The molecule has 0 bridgehead atoms. The summed E-state index contributed by atoms with van der Waals surface area (Å²) in [6, 6.07) is 0. The van der Waals surface area contributed by atoms with E-state index >= 15 is 0 Å². The smallest absolute Gasteiger partial charge is 0.239 e. The zero-order valence-corrected chi connectivity index (χ0v) is 8.77. The summed E-state index contributed by atoms with van der Waals surface area (Å²) < 4.78 is 5.09. The van der Waals surface area contributed by atoms with Gasteiger partial charge < -0.3 is 4.52 Å². The van der Waals surface area contributed by atoms with Crippen LogP contribution in [0.4, 0.5) is 0 Å². The Kier molecular flexibility index (Phi) is 2.75. The van der Waals surface area contributed by atoms with E-state index in [1.54, 1.807) is 0 Å². The van der Waals surface area contributed by atoms with Crippen molar-refractivity contribution >= 4 is 0 Å². The molecular weight excluding hydrogens is 194 g/mol. The molecule has 0 atom stereocenters. The number of hydrogen-bond acceptors (Lipinski definition) is 5. The molecule has 6 nitrogen and oxygen atoms in total. The van der Waals surface area contributed by atoms with Crippen LogP contribution in [0.3, 0.4) is 0 Å². The Hall–Kier alpha value is -1.72. The quantitative estimate of drug-likeness (QED) is 0.820. The van der Waals surface area contributed by atoms with Crippen molar-refractivity contribution < 1.29 is 4.52 Å². The van der Waals surface area contributed by atoms with Gasteiger partial charge in [-0.15, -0.1) is 0 Å². The van der Waals surface area contributed by atoms with Crippen LogP contribution < -0.4 is 0 Å². The fraction of sp³-hybridized carbons (Fsp3) is 0.556. The van der Waals surface area contributed by atoms with Gasteiger partial charge in [-0.25, -0.2) is 4.98 Å². The predicted octanol–water partition coefficient (Wildman–Crippen LogP) is 1.44. The molecule has 15 heavy (non-hydrogen) atoms. The second kappa shape index (κ2) is 4.20. The minimum absolute atomic E-state index is 0.464. The Morgan fingerprint density at radius 2 is 2.33 bits per heavy atom. The van der Waals surface area contributed by atoms with Crippen LogP contribution in [0, 0.1) is 5.92 Å². The maximum Gasteiger partial charge on any atom is 0.239 e. The van der Waals surface area contributed by atoms with Gasteiger partial charge in [0.05, 0.1) is 0 Å². The molecule has 0 aliphatic heterocycles. The van der Waals surface area contributed by atoms with E-state index in [0.29, 0.717) is 23.5 Å². The fourth-order valence-electron chi connectivity index (χ4n) is 1.18. The highest BCUT2D eigenvalue weighted by Gasteiger charge is 2.10. The van der Waals surface area contributed by atoms with Crippen molar-refractivity contribution in [3.63, 3.8) is 0 Å². The van der Waals surface area contributed by atoms with E-state index in [1.165, 1.54) is 6.33 Å². The molecular formula is C9H13N5O. The normalized spacial score (nSPS) is 11.1. The van der Waals surface area contributed by atoms with Crippen LogP contribution in [0.25, 0.3) is 11.6 Å². The molecule has 2 aromatic rings. The lowest BCUT2D eigenvalue weighted by atomic mass is 10.1. The molecule has 0 aliphatic carbocycles. The summed E-state index contributed by atoms with van der Waals surface area (Å²) in [6.45, 7) is 4.32. The molecule has 2 aromatic heterocycles. The summed E-state index contributed by atoms with van der Waals surface area (Å²) in [5.41, 5.74) is 0. The lowest BCUT2D eigenvalue weighted by Gasteiger charge is -1.98. The predicted molar refractivity (Wildman–Crippen MR) is 52.8 cm³/mol. The number of H-pyrrole nitrogens is 1. The molecule has 0 fully saturated rings. The Morgan fingerprint density at radius 3 is 3.00 bits per heavy atom. The Bertz CT molecular complexity index is 406. The number of aromatic amines is 1. The molecule has 0 saturated carbocycles. The molecule has 2 rings (SSSR count). The van der Waals surface area contributed by atoms with Crippen LogP contribution in [-0.4, -0.2) is 25.3 Å². The van der Waals surface area contributed by atoms with Gasteiger partial charge in [0.25, 0.3) is 0 Å². The van der Waals surface area contributed by atoms with Gasteiger partial charge in [-0.2, -0.15) is 10.1 Å². The second-order valence-electron chi connectivity index (χ2n) is 3.78. The maximum atomic E-state index is 5.09. The molecule has 0 radical (unpaired) electrons. The fourth-order valence-corrected chi connectivity index (χ4v) is 1.18. The van der Waals surface area contributed by atoms with E-state index in [9.17, 15) is 0 Å². The van der Waals surface area contributed by atoms with E-state index in [-0.39, 0.29) is 0 Å². The van der Waals surface area contributed by atoms with Gasteiger partial charge in [-0.05, 0) is 12.3 Å². The largest absolute Gasteiger partial charge is 0.339 e. The lowest BCUT2D eigenvalue weighted by molar-refractivity contribution is 0.368. The minimum atomic E-state index is 0.464. The number of nitrogens with one attached hydrogen (secondary N) is 1. The third-order valence-electron chi connectivity index (χ3n) is 2.03. The van der Waals surface area contributed by atoms with Gasteiger partial charge in [0.2, 0.25) is 11.7 Å². The van der Waals surface area contributed by atoms with Gasteiger partial charge in [-0.3, -0.25) is 5.10 Å². The maximum absolute atomic E-state index is 5.09. The molecule has 80 valence electrons. The van der Waals surface area contributed by atoms with Crippen LogP contribution in [0.5, 0.6) is 0 Å². The van der Waals surface area contributed by atoms with Crippen molar-refractivity contribution in [1.29, 1.82) is 0 Å². The van der Waals surface area contributed by atoms with Crippen molar-refractivity contribution in [2.75, 3.05) is 0 Å². The van der Waals surface area contributed by atoms with Crippen molar-refractivity contribution in [3.8, 4) is 11.6 Å².